The second kappa shape index (κ2) is 4.85. The Kier molecular flexibility index (Phi) is 3.19. The van der Waals surface area contributed by atoms with Gasteiger partial charge in [0, 0.05) is 4.47 Å². The monoisotopic (exact) mass is 321 g/mol. The van der Waals surface area contributed by atoms with Crippen molar-refractivity contribution in [1.29, 1.82) is 0 Å². The van der Waals surface area contributed by atoms with Gasteiger partial charge in [-0.15, -0.1) is 0 Å². The van der Waals surface area contributed by atoms with Crippen LogP contribution < -0.4 is 10.1 Å². The lowest BCUT2D eigenvalue weighted by atomic mass is 10.1. The highest BCUT2D eigenvalue weighted by atomic mass is 79.9. The molecule has 0 aromatic heterocycles. The average Bonchev–Trinajstić information content (AvgIpc) is 2.41. The summed E-state index contributed by atoms with van der Waals surface area (Å²) in [6.45, 7) is 2.39. The summed E-state index contributed by atoms with van der Waals surface area (Å²) in [7, 11) is 0. The smallest absolute Gasteiger partial charge is 0.143 e. The molecule has 1 N–H and O–H groups in total. The number of ether oxygens (including phenoxy) is 1. The molecule has 1 atom stereocenters. The lowest BCUT2D eigenvalue weighted by Crippen LogP contribution is -2.23. The van der Waals surface area contributed by atoms with E-state index >= 15 is 0 Å². The number of nitrogens with one attached hydrogen (secondary N) is 1. The molecule has 1 aliphatic heterocycles. The van der Waals surface area contributed by atoms with Gasteiger partial charge in [-0.2, -0.15) is 0 Å². The van der Waals surface area contributed by atoms with Gasteiger partial charge in [-0.1, -0.05) is 28.1 Å². The zero-order valence-electron chi connectivity index (χ0n) is 10.4. The average molecular weight is 322 g/mol. The zero-order chi connectivity index (χ0) is 13.4. The molecule has 19 heavy (non-hydrogen) atoms. The van der Waals surface area contributed by atoms with Crippen molar-refractivity contribution in [3.8, 4) is 5.75 Å². The molecule has 2 nitrogen and oxygen atoms in total. The summed E-state index contributed by atoms with van der Waals surface area (Å²) in [4.78, 5) is 0. The quantitative estimate of drug-likeness (QED) is 0.838. The van der Waals surface area contributed by atoms with Crippen molar-refractivity contribution in [3.63, 3.8) is 0 Å². The lowest BCUT2D eigenvalue weighted by Gasteiger charge is -2.28. The molecule has 0 bridgehead atoms. The van der Waals surface area contributed by atoms with Gasteiger partial charge in [0.2, 0.25) is 0 Å². The molecule has 1 heterocycles. The normalized spacial score (nSPS) is 17.3. The molecule has 0 amide bonds. The molecule has 0 saturated carbocycles. The standard InChI is InChI=1S/C15H13BrFNO/c1-9-2-3-10(6-12(9)17)15-8-18-13-7-11(16)4-5-14(13)19-15/h2-7,15,18H,8H2,1H3. The maximum Gasteiger partial charge on any atom is 0.143 e. The molecule has 0 radical (unpaired) electrons. The first-order valence-electron chi connectivity index (χ1n) is 6.09. The molecule has 3 rings (SSSR count). The van der Waals surface area contributed by atoms with Crippen LogP contribution in [0.15, 0.2) is 40.9 Å². The van der Waals surface area contributed by atoms with E-state index < -0.39 is 0 Å². The van der Waals surface area contributed by atoms with Crippen molar-refractivity contribution < 1.29 is 9.13 Å². The maximum absolute atomic E-state index is 13.6. The Balaban J connectivity index is 1.89. The van der Waals surface area contributed by atoms with Gasteiger partial charge in [-0.25, -0.2) is 4.39 Å². The number of anilines is 1. The van der Waals surface area contributed by atoms with E-state index in [0.717, 1.165) is 21.5 Å². The van der Waals surface area contributed by atoms with Crippen LogP contribution in [0.4, 0.5) is 10.1 Å². The van der Waals surface area contributed by atoms with E-state index in [4.69, 9.17) is 4.74 Å². The van der Waals surface area contributed by atoms with Crippen molar-refractivity contribution in [2.75, 3.05) is 11.9 Å². The maximum atomic E-state index is 13.6. The molecule has 1 aliphatic rings. The van der Waals surface area contributed by atoms with Gasteiger partial charge in [0.1, 0.15) is 17.7 Å². The van der Waals surface area contributed by atoms with Crippen molar-refractivity contribution in [2.45, 2.75) is 13.0 Å². The van der Waals surface area contributed by atoms with Crippen LogP contribution in [0.2, 0.25) is 0 Å². The molecular formula is C15H13BrFNO. The van der Waals surface area contributed by atoms with Crippen LogP contribution in [-0.2, 0) is 0 Å². The molecule has 2 aromatic rings. The second-order valence-electron chi connectivity index (χ2n) is 4.64. The summed E-state index contributed by atoms with van der Waals surface area (Å²) >= 11 is 3.42. The van der Waals surface area contributed by atoms with Crippen molar-refractivity contribution in [1.82, 2.24) is 0 Å². The van der Waals surface area contributed by atoms with Crippen LogP contribution in [0.1, 0.15) is 17.2 Å². The van der Waals surface area contributed by atoms with Gasteiger partial charge >= 0.3 is 0 Å². The summed E-state index contributed by atoms with van der Waals surface area (Å²) in [6, 6.07) is 11.0. The predicted molar refractivity (Wildman–Crippen MR) is 77.1 cm³/mol. The van der Waals surface area contributed by atoms with Gasteiger partial charge < -0.3 is 10.1 Å². The van der Waals surface area contributed by atoms with E-state index in [-0.39, 0.29) is 11.9 Å². The number of rotatable bonds is 1. The number of hydrogen-bond donors (Lipinski definition) is 1. The topological polar surface area (TPSA) is 21.3 Å². The molecule has 0 saturated heterocycles. The number of hydrogen-bond acceptors (Lipinski definition) is 2. The van der Waals surface area contributed by atoms with Crippen molar-refractivity contribution >= 4 is 21.6 Å². The SMILES string of the molecule is Cc1ccc(C2CNc3cc(Br)ccc3O2)cc1F. The third-order valence-corrected chi connectivity index (χ3v) is 3.75. The second-order valence-corrected chi connectivity index (χ2v) is 5.55. The Morgan fingerprint density at radius 3 is 2.89 bits per heavy atom. The molecular weight excluding hydrogens is 309 g/mol. The highest BCUT2D eigenvalue weighted by Gasteiger charge is 2.21. The van der Waals surface area contributed by atoms with Gasteiger partial charge in [0.25, 0.3) is 0 Å². The van der Waals surface area contributed by atoms with Crippen LogP contribution in [-0.4, -0.2) is 6.54 Å². The minimum absolute atomic E-state index is 0.163. The van der Waals surface area contributed by atoms with Crippen molar-refractivity contribution in [3.05, 3.63) is 57.8 Å². The minimum Gasteiger partial charge on any atom is -0.482 e. The Bertz CT molecular complexity index is 630. The first-order valence-corrected chi connectivity index (χ1v) is 6.89. The van der Waals surface area contributed by atoms with Crippen LogP contribution in [0, 0.1) is 12.7 Å². The van der Waals surface area contributed by atoms with Crippen molar-refractivity contribution in [2.24, 2.45) is 0 Å². The fourth-order valence-corrected chi connectivity index (χ4v) is 2.50. The predicted octanol–water partition coefficient (Wildman–Crippen LogP) is 4.44. The Morgan fingerprint density at radius 1 is 1.26 bits per heavy atom. The number of fused-ring (bicyclic) bond motifs is 1. The molecule has 2 aromatic carbocycles. The largest absolute Gasteiger partial charge is 0.482 e. The minimum atomic E-state index is -0.192. The van der Waals surface area contributed by atoms with E-state index in [1.807, 2.05) is 24.3 Å². The third-order valence-electron chi connectivity index (χ3n) is 3.26. The van der Waals surface area contributed by atoms with Crippen LogP contribution >= 0.6 is 15.9 Å². The summed E-state index contributed by atoms with van der Waals surface area (Å²) in [5.74, 6) is 0.600. The highest BCUT2D eigenvalue weighted by Crippen LogP contribution is 2.36. The number of benzene rings is 2. The van der Waals surface area contributed by atoms with E-state index in [9.17, 15) is 4.39 Å². The molecule has 0 spiro atoms. The van der Waals surface area contributed by atoms with E-state index in [0.29, 0.717) is 12.1 Å². The van der Waals surface area contributed by atoms with Gasteiger partial charge in [-0.3, -0.25) is 0 Å². The first-order chi connectivity index (χ1) is 9.13. The summed E-state index contributed by atoms with van der Waals surface area (Å²) in [5.41, 5.74) is 2.46. The summed E-state index contributed by atoms with van der Waals surface area (Å²) in [6.07, 6.45) is -0.163. The lowest BCUT2D eigenvalue weighted by molar-refractivity contribution is 0.210. The first kappa shape index (κ1) is 12.5. The molecule has 1 unspecified atom stereocenters. The fourth-order valence-electron chi connectivity index (χ4n) is 2.14. The Hall–Kier alpha value is -1.55. The van der Waals surface area contributed by atoms with E-state index in [1.54, 1.807) is 19.1 Å². The Labute approximate surface area is 119 Å². The summed E-state index contributed by atoms with van der Waals surface area (Å²) < 4.78 is 20.5. The molecule has 0 aliphatic carbocycles. The van der Waals surface area contributed by atoms with Crippen LogP contribution in [0.25, 0.3) is 0 Å². The van der Waals surface area contributed by atoms with Gasteiger partial charge in [-0.05, 0) is 42.3 Å². The number of halogens is 2. The molecule has 0 fully saturated rings. The molecule has 98 valence electrons. The van der Waals surface area contributed by atoms with E-state index in [1.165, 1.54) is 0 Å². The third kappa shape index (κ3) is 2.45. The fraction of sp³-hybridized carbons (Fsp3) is 0.200. The van der Waals surface area contributed by atoms with E-state index in [2.05, 4.69) is 21.2 Å². The highest BCUT2D eigenvalue weighted by molar-refractivity contribution is 9.10. The number of aryl methyl sites for hydroxylation is 1. The van der Waals surface area contributed by atoms with Crippen LogP contribution in [0.5, 0.6) is 5.75 Å². The van der Waals surface area contributed by atoms with Crippen LogP contribution in [0.3, 0.4) is 0 Å². The van der Waals surface area contributed by atoms with Gasteiger partial charge in [0.05, 0.1) is 12.2 Å². The summed E-state index contributed by atoms with van der Waals surface area (Å²) in [5, 5.41) is 3.31. The zero-order valence-corrected chi connectivity index (χ0v) is 12.0. The van der Waals surface area contributed by atoms with Gasteiger partial charge in [0.15, 0.2) is 0 Å². The Morgan fingerprint density at radius 2 is 2.11 bits per heavy atom. The molecule has 4 heteroatoms.